The van der Waals surface area contributed by atoms with Gasteiger partial charge in [0.05, 0.1) is 0 Å². The van der Waals surface area contributed by atoms with E-state index in [0.717, 1.165) is 31.7 Å². The summed E-state index contributed by atoms with van der Waals surface area (Å²) in [5.74, 6) is -1.07. The predicted molar refractivity (Wildman–Crippen MR) is 64.5 cm³/mol. The summed E-state index contributed by atoms with van der Waals surface area (Å²) in [5.41, 5.74) is 6.26. The van der Waals surface area contributed by atoms with E-state index in [4.69, 9.17) is 5.73 Å². The van der Waals surface area contributed by atoms with Crippen molar-refractivity contribution >= 4 is 0 Å². The minimum Gasteiger partial charge on any atom is -0.321 e. The average molecular weight is 239 g/mol. The molecule has 1 aromatic carbocycles. The molecule has 0 aromatic heterocycles. The van der Waals surface area contributed by atoms with Gasteiger partial charge in [0, 0.05) is 17.2 Å². The highest BCUT2D eigenvalue weighted by Gasteiger charge is 2.39. The van der Waals surface area contributed by atoms with E-state index >= 15 is 0 Å². The molecule has 17 heavy (non-hydrogen) atoms. The van der Waals surface area contributed by atoms with Crippen LogP contribution in [-0.2, 0) is 5.54 Å². The molecular formula is C14H19F2N. The zero-order chi connectivity index (χ0) is 12.7. The lowest BCUT2D eigenvalue weighted by Crippen LogP contribution is -2.44. The van der Waals surface area contributed by atoms with Gasteiger partial charge in [-0.25, -0.2) is 8.78 Å². The Balaban J connectivity index is 2.37. The fourth-order valence-corrected chi connectivity index (χ4v) is 3.04. The van der Waals surface area contributed by atoms with Gasteiger partial charge in [-0.15, -0.1) is 0 Å². The normalized spacial score (nSPS) is 28.1. The van der Waals surface area contributed by atoms with Gasteiger partial charge in [-0.2, -0.15) is 0 Å². The van der Waals surface area contributed by atoms with Gasteiger partial charge in [-0.3, -0.25) is 0 Å². The molecule has 1 fully saturated rings. The van der Waals surface area contributed by atoms with Crippen LogP contribution in [0.1, 0.15) is 45.1 Å². The lowest BCUT2D eigenvalue weighted by atomic mass is 9.66. The summed E-state index contributed by atoms with van der Waals surface area (Å²) in [4.78, 5) is 0. The molecule has 0 spiro atoms. The van der Waals surface area contributed by atoms with Crippen molar-refractivity contribution < 1.29 is 8.78 Å². The summed E-state index contributed by atoms with van der Waals surface area (Å²) in [5, 5.41) is 0. The molecule has 3 heteroatoms. The molecule has 1 nitrogen and oxygen atoms in total. The van der Waals surface area contributed by atoms with Gasteiger partial charge in [-0.05, 0) is 30.7 Å². The van der Waals surface area contributed by atoms with Crippen LogP contribution in [0.2, 0.25) is 0 Å². The van der Waals surface area contributed by atoms with Gasteiger partial charge in [0.2, 0.25) is 0 Å². The molecule has 0 bridgehead atoms. The summed E-state index contributed by atoms with van der Waals surface area (Å²) < 4.78 is 26.7. The maximum atomic E-state index is 13.8. The van der Waals surface area contributed by atoms with Crippen LogP contribution < -0.4 is 5.73 Å². The van der Waals surface area contributed by atoms with Crippen molar-refractivity contribution in [1.29, 1.82) is 0 Å². The minimum atomic E-state index is -0.653. The van der Waals surface area contributed by atoms with Crippen LogP contribution in [0, 0.1) is 17.0 Å². The molecule has 2 N–H and O–H groups in total. The monoisotopic (exact) mass is 239 g/mol. The molecule has 1 saturated carbocycles. The fourth-order valence-electron chi connectivity index (χ4n) is 3.04. The number of rotatable bonds is 1. The second-order valence-electron chi connectivity index (χ2n) is 5.97. The first-order valence-corrected chi connectivity index (χ1v) is 6.07. The molecule has 94 valence electrons. The lowest BCUT2D eigenvalue weighted by Gasteiger charge is -2.43. The third-order valence-corrected chi connectivity index (χ3v) is 3.74. The van der Waals surface area contributed by atoms with Gasteiger partial charge in [0.25, 0.3) is 0 Å². The molecule has 1 unspecified atom stereocenters. The molecule has 1 atom stereocenters. The summed E-state index contributed by atoms with van der Waals surface area (Å²) in [6, 6.07) is 3.70. The predicted octanol–water partition coefficient (Wildman–Crippen LogP) is 3.72. The highest BCUT2D eigenvalue weighted by Crippen LogP contribution is 2.45. The van der Waals surface area contributed by atoms with Crippen molar-refractivity contribution in [2.45, 2.75) is 45.1 Å². The Morgan fingerprint density at radius 1 is 1.18 bits per heavy atom. The summed E-state index contributed by atoms with van der Waals surface area (Å²) in [7, 11) is 0. The molecule has 0 saturated heterocycles. The molecular weight excluding hydrogens is 220 g/mol. The van der Waals surface area contributed by atoms with Crippen molar-refractivity contribution in [2.75, 3.05) is 0 Å². The maximum absolute atomic E-state index is 13.8. The van der Waals surface area contributed by atoms with E-state index in [2.05, 4.69) is 13.8 Å². The molecule has 0 heterocycles. The van der Waals surface area contributed by atoms with Gasteiger partial charge in [0.15, 0.2) is 0 Å². The van der Waals surface area contributed by atoms with Gasteiger partial charge in [-0.1, -0.05) is 26.3 Å². The van der Waals surface area contributed by atoms with Crippen LogP contribution in [0.5, 0.6) is 0 Å². The van der Waals surface area contributed by atoms with Crippen molar-refractivity contribution in [3.8, 4) is 0 Å². The number of nitrogens with two attached hydrogens (primary N) is 1. The van der Waals surface area contributed by atoms with Crippen molar-refractivity contribution in [3.63, 3.8) is 0 Å². The fraction of sp³-hybridized carbons (Fsp3) is 0.571. The average Bonchev–Trinajstić information content (AvgIpc) is 2.14. The third-order valence-electron chi connectivity index (χ3n) is 3.74. The van der Waals surface area contributed by atoms with Crippen molar-refractivity contribution in [3.05, 3.63) is 35.4 Å². The first-order valence-electron chi connectivity index (χ1n) is 6.07. The molecule has 0 aliphatic heterocycles. The summed E-state index contributed by atoms with van der Waals surface area (Å²) in [6.07, 6.45) is 3.59. The molecule has 0 amide bonds. The van der Waals surface area contributed by atoms with Crippen LogP contribution in [0.15, 0.2) is 18.2 Å². The van der Waals surface area contributed by atoms with Gasteiger partial charge < -0.3 is 5.73 Å². The largest absolute Gasteiger partial charge is 0.321 e. The Kier molecular flexibility index (Phi) is 2.98. The quantitative estimate of drug-likeness (QED) is 0.794. The van der Waals surface area contributed by atoms with Crippen LogP contribution in [0.3, 0.4) is 0 Å². The van der Waals surface area contributed by atoms with Crippen molar-refractivity contribution in [2.24, 2.45) is 11.1 Å². The van der Waals surface area contributed by atoms with Crippen molar-refractivity contribution in [1.82, 2.24) is 0 Å². The highest BCUT2D eigenvalue weighted by molar-refractivity contribution is 5.27. The number of halogens is 2. The van der Waals surface area contributed by atoms with E-state index in [0.29, 0.717) is 5.56 Å². The van der Waals surface area contributed by atoms with Gasteiger partial charge in [0.1, 0.15) is 11.6 Å². The van der Waals surface area contributed by atoms with Crippen LogP contribution >= 0.6 is 0 Å². The zero-order valence-corrected chi connectivity index (χ0v) is 10.4. The number of benzene rings is 1. The lowest BCUT2D eigenvalue weighted by molar-refractivity contribution is 0.148. The van der Waals surface area contributed by atoms with E-state index in [9.17, 15) is 8.78 Å². The second-order valence-corrected chi connectivity index (χ2v) is 5.97. The molecule has 1 aliphatic carbocycles. The van der Waals surface area contributed by atoms with Gasteiger partial charge >= 0.3 is 0 Å². The first kappa shape index (κ1) is 12.5. The van der Waals surface area contributed by atoms with E-state index in [1.807, 2.05) is 0 Å². The summed E-state index contributed by atoms with van der Waals surface area (Å²) >= 11 is 0. The van der Waals surface area contributed by atoms with E-state index in [-0.39, 0.29) is 5.41 Å². The van der Waals surface area contributed by atoms with E-state index in [1.54, 1.807) is 0 Å². The van der Waals surface area contributed by atoms with E-state index < -0.39 is 17.2 Å². The molecule has 2 rings (SSSR count). The third kappa shape index (κ3) is 2.49. The van der Waals surface area contributed by atoms with E-state index in [1.165, 1.54) is 12.1 Å². The Labute approximate surface area is 101 Å². The summed E-state index contributed by atoms with van der Waals surface area (Å²) in [6.45, 7) is 4.30. The highest BCUT2D eigenvalue weighted by atomic mass is 19.1. The molecule has 0 radical (unpaired) electrons. The first-order chi connectivity index (χ1) is 7.82. The topological polar surface area (TPSA) is 26.0 Å². The molecule has 1 aromatic rings. The Morgan fingerprint density at radius 2 is 1.88 bits per heavy atom. The van der Waals surface area contributed by atoms with Crippen LogP contribution in [0.4, 0.5) is 8.78 Å². The minimum absolute atomic E-state index is 0.119. The smallest absolute Gasteiger partial charge is 0.131 e. The Hall–Kier alpha value is -0.960. The SMILES string of the molecule is CC1(C)CCCC(N)(c2ccc(F)cc2F)C1. The Morgan fingerprint density at radius 3 is 2.47 bits per heavy atom. The maximum Gasteiger partial charge on any atom is 0.131 e. The number of hydrogen-bond donors (Lipinski definition) is 1. The van der Waals surface area contributed by atoms with Crippen LogP contribution in [0.25, 0.3) is 0 Å². The Bertz CT molecular complexity index is 428. The van der Waals surface area contributed by atoms with Crippen LogP contribution in [-0.4, -0.2) is 0 Å². The second kappa shape index (κ2) is 4.05. The zero-order valence-electron chi connectivity index (χ0n) is 10.4. The molecule has 1 aliphatic rings. The number of hydrogen-bond acceptors (Lipinski definition) is 1. The standard InChI is InChI=1S/C14H19F2N/c1-13(2)6-3-7-14(17,9-13)11-5-4-10(15)8-12(11)16/h4-5,8H,3,6-7,9,17H2,1-2H3.